The van der Waals surface area contributed by atoms with Crippen LogP contribution in [0.2, 0.25) is 0 Å². The van der Waals surface area contributed by atoms with Gasteiger partial charge in [0.05, 0.1) is 7.11 Å². The fourth-order valence-corrected chi connectivity index (χ4v) is 3.16. The van der Waals surface area contributed by atoms with Crippen molar-refractivity contribution in [3.05, 3.63) is 96.1 Å². The molecule has 5 nitrogen and oxygen atoms in total. The molecule has 1 atom stereocenters. The summed E-state index contributed by atoms with van der Waals surface area (Å²) in [6.07, 6.45) is 1.26. The molecular weight excluding hydrogens is 424 g/mol. The molecule has 0 unspecified atom stereocenters. The highest BCUT2D eigenvalue weighted by Crippen LogP contribution is 2.19. The van der Waals surface area contributed by atoms with E-state index < -0.39 is 6.04 Å². The molecule has 0 aliphatic rings. The predicted molar refractivity (Wildman–Crippen MR) is 146 cm³/mol. The minimum atomic E-state index is -0.565. The van der Waals surface area contributed by atoms with E-state index in [0.29, 0.717) is 12.8 Å². The number of carbonyl (C=O) groups excluding carboxylic acids is 2. The van der Waals surface area contributed by atoms with Gasteiger partial charge in [-0.05, 0) is 49.6 Å². The van der Waals surface area contributed by atoms with Crippen molar-refractivity contribution in [2.75, 3.05) is 19.1 Å². The maximum absolute atomic E-state index is 12.8. The summed E-state index contributed by atoms with van der Waals surface area (Å²) in [4.78, 5) is 25.9. The maximum Gasteiger partial charge on any atom is 0.249 e. The fraction of sp³-hybridized carbons (Fsp3) is 0.310. The lowest BCUT2D eigenvalue weighted by Crippen LogP contribution is -2.47. The molecule has 3 rings (SSSR count). The van der Waals surface area contributed by atoms with Gasteiger partial charge in [-0.25, -0.2) is 0 Å². The van der Waals surface area contributed by atoms with Gasteiger partial charge in [-0.1, -0.05) is 80.1 Å². The van der Waals surface area contributed by atoms with Gasteiger partial charge in [-0.3, -0.25) is 9.59 Å². The van der Waals surface area contributed by atoms with E-state index in [1.165, 1.54) is 12.5 Å². The Hall–Kier alpha value is -3.60. The first-order chi connectivity index (χ1) is 16.4. The van der Waals surface area contributed by atoms with Crippen LogP contribution in [0.25, 0.3) is 0 Å². The van der Waals surface area contributed by atoms with Crippen LogP contribution in [0.15, 0.2) is 84.9 Å². The van der Waals surface area contributed by atoms with E-state index in [-0.39, 0.29) is 14.7 Å². The van der Waals surface area contributed by atoms with E-state index in [2.05, 4.69) is 24.4 Å². The van der Waals surface area contributed by atoms with Gasteiger partial charge in [-0.15, -0.1) is 0 Å². The fourth-order valence-electron chi connectivity index (χ4n) is 3.16. The third kappa shape index (κ3) is 10.3. The first-order valence-corrected chi connectivity index (χ1v) is 11.6. The van der Waals surface area contributed by atoms with E-state index >= 15 is 0 Å². The van der Waals surface area contributed by atoms with Crippen LogP contribution in [-0.4, -0.2) is 32.0 Å². The first-order valence-electron chi connectivity index (χ1n) is 11.6. The van der Waals surface area contributed by atoms with Gasteiger partial charge >= 0.3 is 0 Å². The van der Waals surface area contributed by atoms with Gasteiger partial charge < -0.3 is 15.0 Å². The van der Waals surface area contributed by atoms with E-state index in [4.69, 9.17) is 4.74 Å². The number of amides is 2. The number of nitrogens with zero attached hydrogens (tertiary/aromatic N) is 1. The van der Waals surface area contributed by atoms with Gasteiger partial charge in [0, 0.05) is 22.5 Å². The van der Waals surface area contributed by atoms with Gasteiger partial charge in [0.2, 0.25) is 11.8 Å². The van der Waals surface area contributed by atoms with E-state index in [1.807, 2.05) is 74.5 Å². The summed E-state index contributed by atoms with van der Waals surface area (Å²) in [5, 5.41) is 2.77. The number of hydrogen-bond acceptors (Lipinski definition) is 3. The molecule has 0 fully saturated rings. The summed E-state index contributed by atoms with van der Waals surface area (Å²) >= 11 is 0. The molecule has 3 aromatic carbocycles. The number of benzene rings is 3. The van der Waals surface area contributed by atoms with Crippen LogP contribution in [0.5, 0.6) is 5.75 Å². The molecule has 3 aromatic rings. The zero-order valence-electron chi connectivity index (χ0n) is 21.2. The zero-order chi connectivity index (χ0) is 25.3. The molecule has 0 radical (unpaired) electrons. The van der Waals surface area contributed by atoms with Crippen molar-refractivity contribution in [3.63, 3.8) is 0 Å². The second kappa shape index (κ2) is 16.1. The molecule has 0 spiro atoms. The molecule has 0 saturated heterocycles. The predicted octanol–water partition coefficient (Wildman–Crippen LogP) is 6.31. The van der Waals surface area contributed by atoms with Crippen LogP contribution >= 0.6 is 0 Å². The Morgan fingerprint density at radius 3 is 1.88 bits per heavy atom. The molecule has 0 saturated carbocycles. The number of ether oxygens (including phenoxy) is 1. The summed E-state index contributed by atoms with van der Waals surface area (Å²) in [6.45, 7) is 7.51. The Labute approximate surface area is 207 Å². The quantitative estimate of drug-likeness (QED) is 0.444. The Bertz CT molecular complexity index is 969. The van der Waals surface area contributed by atoms with Crippen LogP contribution < -0.4 is 15.0 Å². The summed E-state index contributed by atoms with van der Waals surface area (Å²) in [5.74, 6) is 0.373. The minimum absolute atomic E-state index is 0. The zero-order valence-corrected chi connectivity index (χ0v) is 21.2. The van der Waals surface area contributed by atoms with Crippen LogP contribution in [0, 0.1) is 6.92 Å². The van der Waals surface area contributed by atoms with E-state index in [1.54, 1.807) is 31.2 Å². The van der Waals surface area contributed by atoms with Gasteiger partial charge in [0.1, 0.15) is 11.8 Å². The number of likely N-dealkylation sites (N-methyl/N-ethyl adjacent to an activating group) is 1. The number of methoxy groups -OCH3 is 1. The Morgan fingerprint density at radius 1 is 0.912 bits per heavy atom. The molecule has 34 heavy (non-hydrogen) atoms. The number of hydrogen-bond donors (Lipinski definition) is 1. The highest BCUT2D eigenvalue weighted by Gasteiger charge is 2.23. The van der Waals surface area contributed by atoms with E-state index in [0.717, 1.165) is 17.0 Å². The largest absolute Gasteiger partial charge is 0.497 e. The van der Waals surface area contributed by atoms with Crippen molar-refractivity contribution in [1.82, 2.24) is 5.32 Å². The smallest absolute Gasteiger partial charge is 0.249 e. The molecule has 5 heteroatoms. The topological polar surface area (TPSA) is 58.6 Å². The summed E-state index contributed by atoms with van der Waals surface area (Å²) < 4.78 is 5.14. The van der Waals surface area contributed by atoms with Crippen molar-refractivity contribution in [2.45, 2.75) is 46.6 Å². The van der Waals surface area contributed by atoms with E-state index in [9.17, 15) is 9.59 Å². The van der Waals surface area contributed by atoms with Crippen LogP contribution in [0.1, 0.15) is 41.2 Å². The van der Waals surface area contributed by atoms with Crippen molar-refractivity contribution in [2.24, 2.45) is 0 Å². The van der Waals surface area contributed by atoms with Gasteiger partial charge in [0.25, 0.3) is 0 Å². The molecule has 0 aliphatic carbocycles. The second-order valence-corrected chi connectivity index (χ2v) is 7.53. The molecule has 0 bridgehead atoms. The molecule has 0 aliphatic heterocycles. The lowest BCUT2D eigenvalue weighted by Gasteiger charge is -2.24. The van der Waals surface area contributed by atoms with Crippen LogP contribution in [-0.2, 0) is 16.0 Å². The molecule has 0 heterocycles. The molecule has 0 aromatic heterocycles. The lowest BCUT2D eigenvalue weighted by atomic mass is 10.0. The van der Waals surface area contributed by atoms with Crippen molar-refractivity contribution in [3.8, 4) is 5.75 Å². The molecule has 1 N–H and O–H groups in total. The highest BCUT2D eigenvalue weighted by molar-refractivity contribution is 5.98. The number of aryl methyl sites for hydroxylation is 2. The highest BCUT2D eigenvalue weighted by atomic mass is 16.5. The number of rotatable bonds is 7. The molecule has 2 amide bonds. The minimum Gasteiger partial charge on any atom is -0.497 e. The van der Waals surface area contributed by atoms with Gasteiger partial charge in [0.15, 0.2) is 0 Å². The summed E-state index contributed by atoms with van der Waals surface area (Å²) in [6, 6.07) is 26.9. The molecule has 186 valence electrons. The average Bonchev–Trinajstić information content (AvgIpc) is 2.88. The number of carbonyl (C=O) groups is 2. The van der Waals surface area contributed by atoms with Crippen LogP contribution in [0.4, 0.5) is 5.69 Å². The average molecular weight is 467 g/mol. The maximum atomic E-state index is 12.8. The van der Waals surface area contributed by atoms with Crippen LogP contribution in [0.3, 0.4) is 0 Å². The lowest BCUT2D eigenvalue weighted by molar-refractivity contribution is -0.126. The molecular formula is C29H42N2O3. The van der Waals surface area contributed by atoms with Crippen molar-refractivity contribution in [1.29, 1.82) is 0 Å². The third-order valence-corrected chi connectivity index (χ3v) is 4.97. The number of nitrogens with one attached hydrogen (secondary N) is 1. The normalized spacial score (nSPS) is 10.4. The van der Waals surface area contributed by atoms with Gasteiger partial charge in [-0.2, -0.15) is 0 Å². The second-order valence-electron chi connectivity index (χ2n) is 7.53. The summed E-state index contributed by atoms with van der Waals surface area (Å²) in [5.41, 5.74) is 3.21. The summed E-state index contributed by atoms with van der Waals surface area (Å²) in [7, 11) is 3.31. The third-order valence-electron chi connectivity index (χ3n) is 4.97. The van der Waals surface area contributed by atoms with Crippen molar-refractivity contribution >= 4 is 17.5 Å². The Balaban J connectivity index is 0. The van der Waals surface area contributed by atoms with Crippen molar-refractivity contribution < 1.29 is 17.2 Å². The Morgan fingerprint density at radius 2 is 1.44 bits per heavy atom. The number of anilines is 1. The SMILES string of the molecule is CC.COc1ccc(N(C)C(=O)[C@H](CCc2ccccc2)NC(C)=O)cc1.Cc1ccccc1.[HH].[HH]. The standard InChI is InChI=1S/C20H24N2O3.C7H8.C2H6.2H2/c1-15(23)21-19(14-9-16-7-5-4-6-8-16)20(24)22(2)17-10-12-18(25-3)13-11-17;1-7-5-3-2-4-6-7;1-2;;/h4-8,10-13,19H,9,14H2,1-3H3,(H,21,23);2-6H,1H3;1-2H3;2*1H/t19-;;;;/m0..../s1. The Kier molecular flexibility index (Phi) is 13.4. The first kappa shape index (κ1) is 28.4. The monoisotopic (exact) mass is 466 g/mol.